The number of esters is 1. The summed E-state index contributed by atoms with van der Waals surface area (Å²) in [5.74, 6) is -0.888. The minimum atomic E-state index is -1.08. The Bertz CT molecular complexity index is 1380. The molecule has 5 heteroatoms. The first-order valence-corrected chi connectivity index (χ1v) is 11.5. The second-order valence-corrected chi connectivity index (χ2v) is 8.84. The van der Waals surface area contributed by atoms with Crippen LogP contribution in [0.1, 0.15) is 50.8 Å². The van der Waals surface area contributed by atoms with Gasteiger partial charge in [0.15, 0.2) is 0 Å². The smallest absolute Gasteiger partial charge is 0.340 e. The molecule has 0 saturated heterocycles. The van der Waals surface area contributed by atoms with Gasteiger partial charge in [0.2, 0.25) is 6.10 Å². The lowest BCUT2D eigenvalue weighted by Crippen LogP contribution is -2.26. The van der Waals surface area contributed by atoms with Gasteiger partial charge in [0.25, 0.3) is 5.91 Å². The van der Waals surface area contributed by atoms with Crippen molar-refractivity contribution in [1.82, 2.24) is 4.98 Å². The van der Waals surface area contributed by atoms with E-state index in [1.807, 2.05) is 74.5 Å². The number of carbonyl (C=O) groups is 2. The SMILES string of the molecule is Cc1cc(C)cc(NC(=O)C(OC(=O)c2c3c(nc4ccccc24)CCC3)c2ccccc2)c1. The summed E-state index contributed by atoms with van der Waals surface area (Å²) < 4.78 is 5.97. The van der Waals surface area contributed by atoms with Crippen molar-refractivity contribution >= 4 is 28.5 Å². The van der Waals surface area contributed by atoms with Gasteiger partial charge in [0.05, 0.1) is 11.1 Å². The van der Waals surface area contributed by atoms with Crippen LogP contribution in [-0.2, 0) is 22.4 Å². The predicted molar refractivity (Wildman–Crippen MR) is 133 cm³/mol. The molecule has 0 fully saturated rings. The summed E-state index contributed by atoms with van der Waals surface area (Å²) in [6.07, 6.45) is 1.49. The molecule has 5 nitrogen and oxygen atoms in total. The molecule has 3 aromatic carbocycles. The van der Waals surface area contributed by atoms with E-state index in [-0.39, 0.29) is 5.91 Å². The molecule has 1 amide bonds. The summed E-state index contributed by atoms with van der Waals surface area (Å²) in [5.41, 5.74) is 6.56. The topological polar surface area (TPSA) is 68.3 Å². The number of para-hydroxylation sites is 1. The Balaban J connectivity index is 1.52. The van der Waals surface area contributed by atoms with Crippen molar-refractivity contribution in [3.63, 3.8) is 0 Å². The third-order valence-corrected chi connectivity index (χ3v) is 6.18. The monoisotopic (exact) mass is 450 g/mol. The van der Waals surface area contributed by atoms with Crippen LogP contribution >= 0.6 is 0 Å². The number of carbonyl (C=O) groups excluding carboxylic acids is 2. The van der Waals surface area contributed by atoms with Crippen LogP contribution in [0.15, 0.2) is 72.8 Å². The van der Waals surface area contributed by atoms with E-state index >= 15 is 0 Å². The largest absolute Gasteiger partial charge is 0.444 e. The first-order valence-electron chi connectivity index (χ1n) is 11.5. The summed E-state index contributed by atoms with van der Waals surface area (Å²) in [6, 6.07) is 22.6. The lowest BCUT2D eigenvalue weighted by Gasteiger charge is -2.20. The molecule has 1 aliphatic rings. The standard InChI is InChI=1S/C29H26N2O3/c1-18-15-19(2)17-21(16-18)30-28(32)27(20-9-4-3-5-10-20)34-29(33)26-22-11-6-7-13-24(22)31-25-14-8-12-23(25)26/h3-7,9-11,13,15-17,27H,8,12,14H2,1-2H3,(H,30,32). The number of benzene rings is 3. The molecule has 1 aromatic heterocycles. The van der Waals surface area contributed by atoms with Crippen LogP contribution in [0.4, 0.5) is 5.69 Å². The molecule has 0 aliphatic heterocycles. The zero-order valence-corrected chi connectivity index (χ0v) is 19.3. The Labute approximate surface area is 198 Å². The second-order valence-electron chi connectivity index (χ2n) is 8.84. The third kappa shape index (κ3) is 4.29. The van der Waals surface area contributed by atoms with E-state index in [4.69, 9.17) is 9.72 Å². The average Bonchev–Trinajstić information content (AvgIpc) is 3.28. The number of aromatic nitrogens is 1. The van der Waals surface area contributed by atoms with Crippen LogP contribution < -0.4 is 5.32 Å². The van der Waals surface area contributed by atoms with Crippen molar-refractivity contribution in [2.45, 2.75) is 39.2 Å². The van der Waals surface area contributed by atoms with E-state index in [1.54, 1.807) is 12.1 Å². The summed E-state index contributed by atoms with van der Waals surface area (Å²) in [7, 11) is 0. The minimum absolute atomic E-state index is 0.389. The molecule has 0 saturated carbocycles. The van der Waals surface area contributed by atoms with Crippen LogP contribution in [0.3, 0.4) is 0 Å². The number of anilines is 1. The van der Waals surface area contributed by atoms with Crippen molar-refractivity contribution in [2.75, 3.05) is 5.32 Å². The first-order chi connectivity index (χ1) is 16.5. The Kier molecular flexibility index (Phi) is 5.84. The van der Waals surface area contributed by atoms with Crippen molar-refractivity contribution in [1.29, 1.82) is 0 Å². The average molecular weight is 451 g/mol. The molecular weight excluding hydrogens is 424 g/mol. The van der Waals surface area contributed by atoms with Crippen molar-refractivity contribution in [2.24, 2.45) is 0 Å². The number of nitrogens with zero attached hydrogens (tertiary/aromatic N) is 1. The number of ether oxygens (including phenoxy) is 1. The van der Waals surface area contributed by atoms with Crippen LogP contribution in [0, 0.1) is 13.8 Å². The van der Waals surface area contributed by atoms with Crippen molar-refractivity contribution < 1.29 is 14.3 Å². The molecule has 1 aliphatic carbocycles. The van der Waals surface area contributed by atoms with Crippen LogP contribution in [0.25, 0.3) is 10.9 Å². The van der Waals surface area contributed by atoms with Crippen LogP contribution in [-0.4, -0.2) is 16.9 Å². The summed E-state index contributed by atoms with van der Waals surface area (Å²) in [6.45, 7) is 3.96. The van der Waals surface area contributed by atoms with Gasteiger partial charge in [-0.15, -0.1) is 0 Å². The fourth-order valence-corrected chi connectivity index (χ4v) is 4.77. The summed E-state index contributed by atoms with van der Waals surface area (Å²) in [5, 5.41) is 3.70. The fourth-order valence-electron chi connectivity index (χ4n) is 4.77. The zero-order valence-electron chi connectivity index (χ0n) is 19.3. The van der Waals surface area contributed by atoms with E-state index in [1.165, 1.54) is 0 Å². The van der Waals surface area contributed by atoms with Gasteiger partial charge in [0.1, 0.15) is 0 Å². The highest BCUT2D eigenvalue weighted by atomic mass is 16.5. The molecule has 170 valence electrons. The molecule has 34 heavy (non-hydrogen) atoms. The Hall–Kier alpha value is -3.99. The Morgan fingerprint density at radius 1 is 0.912 bits per heavy atom. The maximum atomic E-state index is 13.6. The summed E-state index contributed by atoms with van der Waals surface area (Å²) in [4.78, 5) is 31.8. The Morgan fingerprint density at radius 3 is 2.38 bits per heavy atom. The minimum Gasteiger partial charge on any atom is -0.444 e. The van der Waals surface area contributed by atoms with E-state index in [2.05, 4.69) is 5.32 Å². The van der Waals surface area contributed by atoms with Gasteiger partial charge in [-0.3, -0.25) is 9.78 Å². The Morgan fingerprint density at radius 2 is 1.62 bits per heavy atom. The molecule has 0 bridgehead atoms. The van der Waals surface area contributed by atoms with E-state index in [0.29, 0.717) is 16.8 Å². The molecule has 1 heterocycles. The van der Waals surface area contributed by atoms with E-state index in [9.17, 15) is 9.59 Å². The molecule has 1 N–H and O–H groups in total. The molecule has 5 rings (SSSR count). The third-order valence-electron chi connectivity index (χ3n) is 6.18. The molecule has 1 atom stereocenters. The maximum Gasteiger partial charge on any atom is 0.340 e. The molecule has 0 radical (unpaired) electrons. The number of hydrogen-bond donors (Lipinski definition) is 1. The molecule has 4 aromatic rings. The molecule has 1 unspecified atom stereocenters. The highest BCUT2D eigenvalue weighted by Gasteiger charge is 2.30. The van der Waals surface area contributed by atoms with Gasteiger partial charge in [0, 0.05) is 22.3 Å². The molecule has 0 spiro atoms. The number of fused-ring (bicyclic) bond motifs is 2. The summed E-state index contributed by atoms with van der Waals surface area (Å²) >= 11 is 0. The van der Waals surface area contributed by atoms with Crippen LogP contribution in [0.5, 0.6) is 0 Å². The number of amides is 1. The number of nitrogens with one attached hydrogen (secondary N) is 1. The second kappa shape index (κ2) is 9.10. The number of rotatable bonds is 5. The van der Waals surface area contributed by atoms with Crippen LogP contribution in [0.2, 0.25) is 0 Å². The van der Waals surface area contributed by atoms with E-state index < -0.39 is 12.1 Å². The van der Waals surface area contributed by atoms with E-state index in [0.717, 1.165) is 52.5 Å². The highest BCUT2D eigenvalue weighted by Crippen LogP contribution is 2.32. The van der Waals surface area contributed by atoms with Crippen molar-refractivity contribution in [3.05, 3.63) is 106 Å². The first kappa shape index (κ1) is 21.8. The maximum absolute atomic E-state index is 13.6. The van der Waals surface area contributed by atoms with Crippen molar-refractivity contribution in [3.8, 4) is 0 Å². The lowest BCUT2D eigenvalue weighted by atomic mass is 10.0. The van der Waals surface area contributed by atoms with Gasteiger partial charge in [-0.25, -0.2) is 4.79 Å². The van der Waals surface area contributed by atoms with Gasteiger partial charge < -0.3 is 10.1 Å². The highest BCUT2D eigenvalue weighted by molar-refractivity contribution is 6.06. The van der Waals surface area contributed by atoms with Gasteiger partial charge in [-0.1, -0.05) is 54.6 Å². The van der Waals surface area contributed by atoms with Gasteiger partial charge >= 0.3 is 5.97 Å². The lowest BCUT2D eigenvalue weighted by molar-refractivity contribution is -0.125. The van der Waals surface area contributed by atoms with Gasteiger partial charge in [-0.05, 0) is 68.0 Å². The zero-order chi connectivity index (χ0) is 23.7. The number of pyridine rings is 1. The van der Waals surface area contributed by atoms with Gasteiger partial charge in [-0.2, -0.15) is 0 Å². The fraction of sp³-hybridized carbons (Fsp3) is 0.207. The predicted octanol–water partition coefficient (Wildman–Crippen LogP) is 5.88. The number of aryl methyl sites for hydroxylation is 3. The number of hydrogen-bond acceptors (Lipinski definition) is 4. The normalized spacial score (nSPS) is 13.4. The quantitative estimate of drug-likeness (QED) is 0.386. The molecular formula is C29H26N2O3.